The molecular weight excluding hydrogens is 313 g/mol. The molecule has 1 atom stereocenters. The molecule has 1 saturated heterocycles. The second kappa shape index (κ2) is 7.00. The molecule has 0 bridgehead atoms. The highest BCUT2D eigenvalue weighted by molar-refractivity contribution is 5.95. The van der Waals surface area contributed by atoms with Gasteiger partial charge < -0.3 is 14.7 Å². The molecule has 0 unspecified atom stereocenters. The van der Waals surface area contributed by atoms with E-state index in [1.54, 1.807) is 17.0 Å². The molecule has 128 valence electrons. The van der Waals surface area contributed by atoms with Gasteiger partial charge in [-0.15, -0.1) is 0 Å². The molecule has 7 heteroatoms. The molecule has 0 radical (unpaired) electrons. The first-order chi connectivity index (χ1) is 11.6. The van der Waals surface area contributed by atoms with Crippen molar-refractivity contribution in [1.82, 2.24) is 14.7 Å². The van der Waals surface area contributed by atoms with Crippen molar-refractivity contribution in [2.75, 3.05) is 19.7 Å². The zero-order valence-corrected chi connectivity index (χ0v) is 13.5. The number of ether oxygens (including phenoxy) is 1. The van der Waals surface area contributed by atoms with Crippen LogP contribution in [0.4, 0.5) is 4.39 Å². The lowest BCUT2D eigenvalue weighted by atomic mass is 10.1. The van der Waals surface area contributed by atoms with Crippen LogP contribution in [0.5, 0.6) is 5.75 Å². The Balaban J connectivity index is 1.82. The van der Waals surface area contributed by atoms with Crippen LogP contribution in [0.15, 0.2) is 30.5 Å². The average molecular weight is 333 g/mol. The Hall–Kier alpha value is -2.41. The molecule has 6 nitrogen and oxygen atoms in total. The van der Waals surface area contributed by atoms with Crippen LogP contribution in [0.2, 0.25) is 0 Å². The Morgan fingerprint density at radius 2 is 2.25 bits per heavy atom. The van der Waals surface area contributed by atoms with Gasteiger partial charge in [-0.05, 0) is 31.9 Å². The summed E-state index contributed by atoms with van der Waals surface area (Å²) in [5.41, 5.74) is 0.105. The molecule has 0 saturated carbocycles. The summed E-state index contributed by atoms with van der Waals surface area (Å²) in [6.45, 7) is 3.58. The number of rotatable bonds is 4. The maximum absolute atomic E-state index is 13.9. The van der Waals surface area contributed by atoms with Crippen LogP contribution in [0.3, 0.4) is 0 Å². The van der Waals surface area contributed by atoms with Gasteiger partial charge in [0, 0.05) is 19.7 Å². The molecule has 2 aromatic rings. The number of hydrogen-bond donors (Lipinski definition) is 1. The Morgan fingerprint density at radius 1 is 1.46 bits per heavy atom. The first kappa shape index (κ1) is 16.4. The summed E-state index contributed by atoms with van der Waals surface area (Å²) in [7, 11) is 0. The Labute approximate surface area is 139 Å². The molecule has 1 aliphatic heterocycles. The monoisotopic (exact) mass is 333 g/mol. The largest absolute Gasteiger partial charge is 0.504 e. The van der Waals surface area contributed by atoms with E-state index in [1.807, 2.05) is 6.92 Å². The quantitative estimate of drug-likeness (QED) is 0.933. The average Bonchev–Trinajstić information content (AvgIpc) is 2.97. The van der Waals surface area contributed by atoms with Crippen molar-refractivity contribution in [1.29, 1.82) is 0 Å². The van der Waals surface area contributed by atoms with Crippen molar-refractivity contribution >= 4 is 5.91 Å². The number of para-hydroxylation sites is 1. The lowest BCUT2D eigenvalue weighted by Crippen LogP contribution is -2.43. The van der Waals surface area contributed by atoms with Gasteiger partial charge in [-0.25, -0.2) is 9.07 Å². The smallest absolute Gasteiger partial charge is 0.278 e. The topological polar surface area (TPSA) is 67.6 Å². The van der Waals surface area contributed by atoms with E-state index >= 15 is 0 Å². The van der Waals surface area contributed by atoms with Crippen molar-refractivity contribution < 1.29 is 19.0 Å². The van der Waals surface area contributed by atoms with Crippen LogP contribution in [-0.4, -0.2) is 51.5 Å². The second-order valence-corrected chi connectivity index (χ2v) is 5.73. The zero-order valence-electron chi connectivity index (χ0n) is 13.5. The van der Waals surface area contributed by atoms with Gasteiger partial charge in [-0.1, -0.05) is 12.1 Å². The van der Waals surface area contributed by atoms with E-state index in [0.717, 1.165) is 12.8 Å². The summed E-state index contributed by atoms with van der Waals surface area (Å²) in [4.78, 5) is 14.3. The third kappa shape index (κ3) is 3.26. The molecule has 0 spiro atoms. The number of halogens is 1. The van der Waals surface area contributed by atoms with Crippen molar-refractivity contribution in [3.63, 3.8) is 0 Å². The van der Waals surface area contributed by atoms with E-state index in [1.165, 1.54) is 23.0 Å². The summed E-state index contributed by atoms with van der Waals surface area (Å²) in [6.07, 6.45) is 3.00. The number of carbonyl (C=O) groups excluding carboxylic acids is 1. The standard InChI is InChI=1S/C17H20FN3O3/c1-2-24-12-6-5-9-20(10-12)17(23)16-15(22)11-21(19-16)14-8-4-3-7-13(14)18/h3-4,7-8,11-12,22H,2,5-6,9-10H2,1H3/t12-/m0/s1. The third-order valence-electron chi connectivity index (χ3n) is 4.06. The van der Waals surface area contributed by atoms with Gasteiger partial charge in [0.1, 0.15) is 11.5 Å². The summed E-state index contributed by atoms with van der Waals surface area (Å²) in [5, 5.41) is 14.2. The first-order valence-electron chi connectivity index (χ1n) is 8.04. The van der Waals surface area contributed by atoms with E-state index in [-0.39, 0.29) is 29.1 Å². The highest BCUT2D eigenvalue weighted by Crippen LogP contribution is 2.23. The number of aromatic hydroxyl groups is 1. The number of nitrogens with zero attached hydrogens (tertiary/aromatic N) is 3. The minimum absolute atomic E-state index is 0.00324. The van der Waals surface area contributed by atoms with Crippen LogP contribution in [-0.2, 0) is 4.74 Å². The molecule has 1 aromatic carbocycles. The lowest BCUT2D eigenvalue weighted by molar-refractivity contribution is 0.00691. The van der Waals surface area contributed by atoms with Crippen molar-refractivity contribution in [3.05, 3.63) is 42.0 Å². The van der Waals surface area contributed by atoms with Crippen LogP contribution in [0.25, 0.3) is 5.69 Å². The fourth-order valence-electron chi connectivity index (χ4n) is 2.92. The number of benzene rings is 1. The maximum atomic E-state index is 13.9. The van der Waals surface area contributed by atoms with Gasteiger partial charge in [0.25, 0.3) is 5.91 Å². The number of aromatic nitrogens is 2. The van der Waals surface area contributed by atoms with E-state index in [9.17, 15) is 14.3 Å². The summed E-state index contributed by atoms with van der Waals surface area (Å²) >= 11 is 0. The van der Waals surface area contributed by atoms with Crippen molar-refractivity contribution in [2.45, 2.75) is 25.9 Å². The normalized spacial score (nSPS) is 17.9. The van der Waals surface area contributed by atoms with Gasteiger partial charge in [0.15, 0.2) is 11.4 Å². The summed E-state index contributed by atoms with van der Waals surface area (Å²) in [6, 6.07) is 6.06. The molecule has 0 aliphatic carbocycles. The number of carbonyl (C=O) groups is 1. The van der Waals surface area contributed by atoms with Crippen LogP contribution in [0.1, 0.15) is 30.3 Å². The lowest BCUT2D eigenvalue weighted by Gasteiger charge is -2.32. The predicted octanol–water partition coefficient (Wildman–Crippen LogP) is 2.36. The van der Waals surface area contributed by atoms with E-state index < -0.39 is 5.82 Å². The second-order valence-electron chi connectivity index (χ2n) is 5.73. The molecular formula is C17H20FN3O3. The SMILES string of the molecule is CCO[C@H]1CCCN(C(=O)c2nn(-c3ccccc3F)cc2O)C1. The van der Waals surface area contributed by atoms with Gasteiger partial charge >= 0.3 is 0 Å². The Bertz CT molecular complexity index is 730. The molecule has 1 aliphatic rings. The predicted molar refractivity (Wildman–Crippen MR) is 85.7 cm³/mol. The molecule has 1 N–H and O–H groups in total. The van der Waals surface area contributed by atoms with Gasteiger partial charge in [-0.3, -0.25) is 4.79 Å². The molecule has 1 amide bonds. The van der Waals surface area contributed by atoms with Gasteiger partial charge in [0.05, 0.1) is 12.3 Å². The van der Waals surface area contributed by atoms with Gasteiger partial charge in [-0.2, -0.15) is 5.10 Å². The molecule has 3 rings (SSSR count). The minimum atomic E-state index is -0.478. The zero-order chi connectivity index (χ0) is 17.1. The maximum Gasteiger partial charge on any atom is 0.278 e. The fourth-order valence-corrected chi connectivity index (χ4v) is 2.92. The molecule has 2 heterocycles. The van der Waals surface area contributed by atoms with E-state index in [0.29, 0.717) is 19.7 Å². The number of amides is 1. The van der Waals surface area contributed by atoms with Crippen LogP contribution in [0, 0.1) is 5.82 Å². The van der Waals surface area contributed by atoms with Crippen molar-refractivity contribution in [2.24, 2.45) is 0 Å². The van der Waals surface area contributed by atoms with E-state index in [4.69, 9.17) is 4.74 Å². The summed E-state index contributed by atoms with van der Waals surface area (Å²) in [5.74, 6) is -1.11. The van der Waals surface area contributed by atoms with Crippen LogP contribution >= 0.6 is 0 Å². The highest BCUT2D eigenvalue weighted by Gasteiger charge is 2.28. The number of piperidine rings is 1. The Kier molecular flexibility index (Phi) is 4.80. The Morgan fingerprint density at radius 3 is 3.00 bits per heavy atom. The first-order valence-corrected chi connectivity index (χ1v) is 8.04. The van der Waals surface area contributed by atoms with E-state index in [2.05, 4.69) is 5.10 Å². The number of hydrogen-bond acceptors (Lipinski definition) is 4. The highest BCUT2D eigenvalue weighted by atomic mass is 19.1. The van der Waals surface area contributed by atoms with Crippen LogP contribution < -0.4 is 0 Å². The van der Waals surface area contributed by atoms with Crippen molar-refractivity contribution in [3.8, 4) is 11.4 Å². The molecule has 1 aromatic heterocycles. The number of likely N-dealkylation sites (tertiary alicyclic amines) is 1. The molecule has 24 heavy (non-hydrogen) atoms. The minimum Gasteiger partial charge on any atom is -0.504 e. The van der Waals surface area contributed by atoms with Gasteiger partial charge in [0.2, 0.25) is 0 Å². The summed E-state index contributed by atoms with van der Waals surface area (Å²) < 4.78 is 20.6. The third-order valence-corrected chi connectivity index (χ3v) is 4.06. The molecule has 1 fully saturated rings. The fraction of sp³-hybridized carbons (Fsp3) is 0.412.